The number of esters is 1. The van der Waals surface area contributed by atoms with Crippen molar-refractivity contribution in [2.75, 3.05) is 0 Å². The molecule has 0 amide bonds. The smallest absolute Gasteiger partial charge is 0.338 e. The molecule has 0 fully saturated rings. The lowest BCUT2D eigenvalue weighted by atomic mass is 10.0. The first-order valence-electron chi connectivity index (χ1n) is 9.78. The number of para-hydroxylation sites is 1. The summed E-state index contributed by atoms with van der Waals surface area (Å²) in [4.78, 5) is 43.0. The normalized spacial score (nSPS) is 16.1. The molecule has 0 radical (unpaired) electrons. The molecule has 32 heavy (non-hydrogen) atoms. The van der Waals surface area contributed by atoms with E-state index in [0.717, 1.165) is 16.2 Å². The molecular weight excluding hydrogens is 450 g/mol. The zero-order chi connectivity index (χ0) is 23.0. The summed E-state index contributed by atoms with van der Waals surface area (Å²) >= 11 is 2.56. The van der Waals surface area contributed by atoms with Gasteiger partial charge in [-0.15, -0.1) is 11.3 Å². The Hall–Kier alpha value is -3.37. The van der Waals surface area contributed by atoms with E-state index in [1.54, 1.807) is 39.0 Å². The maximum absolute atomic E-state index is 13.4. The van der Waals surface area contributed by atoms with Gasteiger partial charge in [0.05, 0.1) is 32.4 Å². The first-order chi connectivity index (χ1) is 15.3. The Balaban J connectivity index is 1.94. The monoisotopic (exact) mass is 469 g/mol. The van der Waals surface area contributed by atoms with Crippen LogP contribution in [-0.2, 0) is 9.53 Å². The maximum atomic E-state index is 13.4. The fraction of sp³-hybridized carbons (Fsp3) is 0.227. The molecule has 0 N–H and O–H groups in total. The predicted molar refractivity (Wildman–Crippen MR) is 122 cm³/mol. The number of nitro groups is 1. The van der Waals surface area contributed by atoms with Gasteiger partial charge in [-0.2, -0.15) is 0 Å². The van der Waals surface area contributed by atoms with Crippen molar-refractivity contribution in [2.45, 2.75) is 32.9 Å². The molecule has 164 valence electrons. The fourth-order valence-electron chi connectivity index (χ4n) is 3.49. The van der Waals surface area contributed by atoms with E-state index >= 15 is 0 Å². The van der Waals surface area contributed by atoms with E-state index in [1.807, 2.05) is 17.5 Å². The fourth-order valence-corrected chi connectivity index (χ4v) is 5.35. The zero-order valence-corrected chi connectivity index (χ0v) is 19.1. The van der Waals surface area contributed by atoms with Crippen molar-refractivity contribution in [1.29, 1.82) is 0 Å². The number of hydrogen-bond donors (Lipinski definition) is 0. The molecule has 8 nitrogen and oxygen atoms in total. The van der Waals surface area contributed by atoms with Gasteiger partial charge in [0, 0.05) is 10.9 Å². The predicted octanol–water partition coefficient (Wildman–Crippen LogP) is 3.16. The summed E-state index contributed by atoms with van der Waals surface area (Å²) in [5, 5.41) is 13.3. The van der Waals surface area contributed by atoms with Gasteiger partial charge in [0.15, 0.2) is 4.80 Å². The number of nitrogens with zero attached hydrogens (tertiary/aromatic N) is 3. The van der Waals surface area contributed by atoms with Gasteiger partial charge >= 0.3 is 5.97 Å². The third-order valence-corrected chi connectivity index (χ3v) is 6.72. The minimum atomic E-state index is -0.676. The van der Waals surface area contributed by atoms with Gasteiger partial charge in [0.25, 0.3) is 11.2 Å². The summed E-state index contributed by atoms with van der Waals surface area (Å²) in [6, 6.07) is 9.26. The van der Waals surface area contributed by atoms with Crippen molar-refractivity contribution in [3.63, 3.8) is 0 Å². The van der Waals surface area contributed by atoms with E-state index in [-0.39, 0.29) is 17.4 Å². The van der Waals surface area contributed by atoms with E-state index < -0.39 is 16.9 Å². The van der Waals surface area contributed by atoms with E-state index in [9.17, 15) is 19.7 Å². The number of nitro benzene ring substituents is 1. The highest BCUT2D eigenvalue weighted by atomic mass is 32.1. The van der Waals surface area contributed by atoms with Crippen LogP contribution in [0.4, 0.5) is 5.69 Å². The number of fused-ring (bicyclic) bond motifs is 1. The van der Waals surface area contributed by atoms with Crippen LogP contribution >= 0.6 is 22.7 Å². The number of benzene rings is 1. The number of hydrogen-bond acceptors (Lipinski definition) is 8. The molecule has 0 saturated carbocycles. The third kappa shape index (κ3) is 3.94. The lowest BCUT2D eigenvalue weighted by Gasteiger charge is -2.24. The molecule has 10 heteroatoms. The number of thiazole rings is 1. The van der Waals surface area contributed by atoms with Crippen molar-refractivity contribution in [1.82, 2.24) is 4.57 Å². The molecule has 2 aromatic heterocycles. The highest BCUT2D eigenvalue weighted by molar-refractivity contribution is 7.10. The van der Waals surface area contributed by atoms with E-state index in [2.05, 4.69) is 4.99 Å². The Kier molecular flexibility index (Phi) is 5.90. The Morgan fingerprint density at radius 1 is 1.28 bits per heavy atom. The molecule has 1 atom stereocenters. The molecule has 1 unspecified atom stereocenters. The molecule has 4 rings (SSSR count). The van der Waals surface area contributed by atoms with Gasteiger partial charge in [-0.1, -0.05) is 29.5 Å². The second-order valence-corrected chi connectivity index (χ2v) is 9.36. The van der Waals surface area contributed by atoms with Crippen LogP contribution in [0.1, 0.15) is 37.3 Å². The molecule has 1 aliphatic rings. The van der Waals surface area contributed by atoms with Crippen LogP contribution in [0.3, 0.4) is 0 Å². The summed E-state index contributed by atoms with van der Waals surface area (Å²) < 4.78 is 7.21. The van der Waals surface area contributed by atoms with Crippen LogP contribution in [-0.4, -0.2) is 21.6 Å². The van der Waals surface area contributed by atoms with Crippen LogP contribution in [0.15, 0.2) is 62.8 Å². The van der Waals surface area contributed by atoms with Gasteiger partial charge in [0.1, 0.15) is 6.04 Å². The number of rotatable bonds is 5. The van der Waals surface area contributed by atoms with Gasteiger partial charge in [-0.25, -0.2) is 9.79 Å². The Labute approximate surface area is 190 Å². The van der Waals surface area contributed by atoms with Crippen molar-refractivity contribution in [3.8, 4) is 0 Å². The molecule has 0 saturated heterocycles. The maximum Gasteiger partial charge on any atom is 0.338 e. The standard InChI is InChI=1S/C22H19N3O5S2/c1-12(2)30-21(27)18-13(3)23-22-24(19(18)16-9-6-10-31-16)20(26)17(32-22)11-14-7-4-5-8-15(14)25(28)29/h4-12,19H,1-3H3/b17-11+. The largest absolute Gasteiger partial charge is 0.459 e. The summed E-state index contributed by atoms with van der Waals surface area (Å²) in [5.41, 5.74) is 0.655. The minimum absolute atomic E-state index is 0.0921. The molecule has 0 aliphatic carbocycles. The van der Waals surface area contributed by atoms with Crippen molar-refractivity contribution >= 4 is 40.4 Å². The van der Waals surface area contributed by atoms with Crippen molar-refractivity contribution in [2.24, 2.45) is 4.99 Å². The van der Waals surface area contributed by atoms with Crippen LogP contribution < -0.4 is 14.9 Å². The van der Waals surface area contributed by atoms with E-state index in [0.29, 0.717) is 26.2 Å². The molecular formula is C22H19N3O5S2. The second-order valence-electron chi connectivity index (χ2n) is 7.37. The number of carbonyl (C=O) groups is 1. The molecule has 0 bridgehead atoms. The number of thiophene rings is 1. The van der Waals surface area contributed by atoms with Gasteiger partial charge in [-0.3, -0.25) is 19.5 Å². The summed E-state index contributed by atoms with van der Waals surface area (Å²) in [6.07, 6.45) is 1.17. The van der Waals surface area contributed by atoms with E-state index in [4.69, 9.17) is 4.74 Å². The van der Waals surface area contributed by atoms with Gasteiger partial charge < -0.3 is 4.74 Å². The molecule has 3 aromatic rings. The summed E-state index contributed by atoms with van der Waals surface area (Å²) in [7, 11) is 0. The number of carbonyl (C=O) groups excluding carboxylic acids is 1. The minimum Gasteiger partial charge on any atom is -0.459 e. The first kappa shape index (κ1) is 21.8. The topological polar surface area (TPSA) is 104 Å². The summed E-state index contributed by atoms with van der Waals surface area (Å²) in [5.74, 6) is -0.521. The Bertz CT molecular complexity index is 1410. The highest BCUT2D eigenvalue weighted by Gasteiger charge is 2.34. The number of aromatic nitrogens is 1. The lowest BCUT2D eigenvalue weighted by Crippen LogP contribution is -2.39. The second kappa shape index (κ2) is 8.64. The molecule has 3 heterocycles. The summed E-state index contributed by atoms with van der Waals surface area (Å²) in [6.45, 7) is 5.24. The molecule has 1 aromatic carbocycles. The van der Waals surface area contributed by atoms with Crippen LogP contribution in [0.25, 0.3) is 6.08 Å². The average Bonchev–Trinajstić information content (AvgIpc) is 3.35. The van der Waals surface area contributed by atoms with Gasteiger partial charge in [0.2, 0.25) is 0 Å². The Morgan fingerprint density at radius 3 is 2.69 bits per heavy atom. The van der Waals surface area contributed by atoms with Crippen LogP contribution in [0, 0.1) is 10.1 Å². The van der Waals surface area contributed by atoms with Gasteiger partial charge in [-0.05, 0) is 44.4 Å². The highest BCUT2D eigenvalue weighted by Crippen LogP contribution is 2.33. The molecule has 0 spiro atoms. The third-order valence-electron chi connectivity index (χ3n) is 4.82. The van der Waals surface area contributed by atoms with Crippen LogP contribution in [0.2, 0.25) is 0 Å². The number of ether oxygens (including phenoxy) is 1. The lowest BCUT2D eigenvalue weighted by molar-refractivity contribution is -0.385. The average molecular weight is 470 g/mol. The Morgan fingerprint density at radius 2 is 2.03 bits per heavy atom. The zero-order valence-electron chi connectivity index (χ0n) is 17.5. The number of allylic oxidation sites excluding steroid dienone is 1. The quantitative estimate of drug-likeness (QED) is 0.324. The van der Waals surface area contributed by atoms with Crippen LogP contribution in [0.5, 0.6) is 0 Å². The van der Waals surface area contributed by atoms with Crippen molar-refractivity contribution < 1.29 is 14.5 Å². The van der Waals surface area contributed by atoms with Crippen molar-refractivity contribution in [3.05, 3.63) is 93.3 Å². The molecule has 1 aliphatic heterocycles. The first-order valence-corrected chi connectivity index (χ1v) is 11.5. The van der Waals surface area contributed by atoms with E-state index in [1.165, 1.54) is 28.0 Å². The SMILES string of the molecule is CC1=C(C(=O)OC(C)C)C(c2cccs2)n2c(s/c(=C/c3ccccc3[N+](=O)[O-])c2=O)=N1.